The SMILES string of the molecule is C[C@H]1C(=O)NCCOc2ccccc2C(=O)N[C@H](C(=O)NCCc2ccccc2)CCC(=O)N1C. The van der Waals surface area contributed by atoms with Crippen molar-refractivity contribution >= 4 is 23.6 Å². The molecule has 9 heteroatoms. The first kappa shape index (κ1) is 25.7. The minimum absolute atomic E-state index is 0.0106. The number of nitrogens with zero attached hydrogens (tertiary/aromatic N) is 1. The van der Waals surface area contributed by atoms with Crippen LogP contribution in [0.3, 0.4) is 0 Å². The van der Waals surface area contributed by atoms with Crippen molar-refractivity contribution in [3.63, 3.8) is 0 Å². The molecule has 0 spiro atoms. The summed E-state index contributed by atoms with van der Waals surface area (Å²) >= 11 is 0. The van der Waals surface area contributed by atoms with Crippen molar-refractivity contribution in [3.8, 4) is 5.75 Å². The molecule has 0 saturated carbocycles. The molecule has 2 atom stereocenters. The molecule has 0 unspecified atom stereocenters. The van der Waals surface area contributed by atoms with E-state index in [4.69, 9.17) is 4.74 Å². The fraction of sp³-hybridized carbons (Fsp3) is 0.385. The Morgan fingerprint density at radius 2 is 1.80 bits per heavy atom. The van der Waals surface area contributed by atoms with Crippen LogP contribution in [-0.4, -0.2) is 67.4 Å². The third-order valence-electron chi connectivity index (χ3n) is 5.97. The van der Waals surface area contributed by atoms with Gasteiger partial charge in [-0.2, -0.15) is 0 Å². The number of amides is 4. The maximum Gasteiger partial charge on any atom is 0.255 e. The molecular formula is C26H32N4O5. The number of hydrogen-bond acceptors (Lipinski definition) is 5. The molecule has 186 valence electrons. The Morgan fingerprint density at radius 3 is 2.57 bits per heavy atom. The number of rotatable bonds is 4. The van der Waals surface area contributed by atoms with Crippen molar-refractivity contribution in [1.82, 2.24) is 20.9 Å². The summed E-state index contributed by atoms with van der Waals surface area (Å²) in [6.07, 6.45) is 0.713. The minimum atomic E-state index is -0.932. The van der Waals surface area contributed by atoms with Crippen LogP contribution in [0.2, 0.25) is 0 Å². The molecule has 2 aromatic rings. The van der Waals surface area contributed by atoms with E-state index in [9.17, 15) is 19.2 Å². The summed E-state index contributed by atoms with van der Waals surface area (Å²) in [7, 11) is 1.55. The van der Waals surface area contributed by atoms with Gasteiger partial charge in [0.05, 0.1) is 12.1 Å². The highest BCUT2D eigenvalue weighted by Gasteiger charge is 2.27. The second kappa shape index (κ2) is 12.5. The van der Waals surface area contributed by atoms with Crippen molar-refractivity contribution < 1.29 is 23.9 Å². The molecule has 35 heavy (non-hydrogen) atoms. The molecule has 3 N–H and O–H groups in total. The number of para-hydroxylation sites is 1. The molecule has 0 saturated heterocycles. The number of hydrogen-bond donors (Lipinski definition) is 3. The Balaban J connectivity index is 1.77. The number of nitrogens with one attached hydrogen (secondary N) is 3. The highest BCUT2D eigenvalue weighted by molar-refractivity contribution is 5.99. The number of likely N-dealkylation sites (N-methyl/N-ethyl adjacent to an activating group) is 1. The minimum Gasteiger partial charge on any atom is -0.491 e. The second-order valence-electron chi connectivity index (χ2n) is 8.41. The highest BCUT2D eigenvalue weighted by Crippen LogP contribution is 2.18. The van der Waals surface area contributed by atoms with Gasteiger partial charge in [0.15, 0.2) is 0 Å². The Bertz CT molecular complexity index is 1040. The monoisotopic (exact) mass is 480 g/mol. The van der Waals surface area contributed by atoms with Crippen molar-refractivity contribution in [2.24, 2.45) is 0 Å². The Hall–Kier alpha value is -3.88. The first-order valence-corrected chi connectivity index (χ1v) is 11.7. The lowest BCUT2D eigenvalue weighted by molar-refractivity contribution is -0.138. The zero-order valence-corrected chi connectivity index (χ0v) is 20.1. The smallest absolute Gasteiger partial charge is 0.255 e. The highest BCUT2D eigenvalue weighted by atomic mass is 16.5. The van der Waals surface area contributed by atoms with Gasteiger partial charge in [-0.1, -0.05) is 42.5 Å². The average molecular weight is 481 g/mol. The maximum atomic E-state index is 13.1. The van der Waals surface area contributed by atoms with Crippen LogP contribution in [0.15, 0.2) is 54.6 Å². The summed E-state index contributed by atoms with van der Waals surface area (Å²) in [5.41, 5.74) is 1.35. The van der Waals surface area contributed by atoms with Gasteiger partial charge in [0.1, 0.15) is 24.4 Å². The number of benzene rings is 2. The molecule has 0 bridgehead atoms. The van der Waals surface area contributed by atoms with E-state index in [0.29, 0.717) is 18.7 Å². The summed E-state index contributed by atoms with van der Waals surface area (Å²) < 4.78 is 5.72. The van der Waals surface area contributed by atoms with E-state index in [1.165, 1.54) is 4.90 Å². The summed E-state index contributed by atoms with van der Waals surface area (Å²) in [5, 5.41) is 8.36. The lowest BCUT2D eigenvalue weighted by atomic mass is 10.1. The van der Waals surface area contributed by atoms with E-state index >= 15 is 0 Å². The number of carbonyl (C=O) groups is 4. The standard InChI is InChI=1S/C26H32N4O5/c1-18-24(32)28-16-17-35-22-11-7-6-10-20(22)25(33)29-21(12-13-23(31)30(18)2)26(34)27-15-14-19-8-4-3-5-9-19/h3-11,18,21H,12-17H2,1-2H3,(H,27,34)(H,28,32)(H,29,33)/t18-,21-/m0/s1. The molecule has 0 aromatic heterocycles. The number of carbonyl (C=O) groups excluding carboxylic acids is 4. The van der Waals surface area contributed by atoms with Gasteiger partial charge in [-0.25, -0.2) is 0 Å². The number of fused-ring (bicyclic) bond motifs is 1. The van der Waals surface area contributed by atoms with Crippen LogP contribution in [0.25, 0.3) is 0 Å². The van der Waals surface area contributed by atoms with E-state index in [1.807, 2.05) is 30.3 Å². The summed E-state index contributed by atoms with van der Waals surface area (Å²) in [6, 6.07) is 14.8. The van der Waals surface area contributed by atoms with E-state index < -0.39 is 18.0 Å². The molecule has 0 aliphatic carbocycles. The molecule has 1 aliphatic rings. The van der Waals surface area contributed by atoms with Crippen LogP contribution >= 0.6 is 0 Å². The molecule has 2 aromatic carbocycles. The lowest BCUT2D eigenvalue weighted by Gasteiger charge is -2.25. The lowest BCUT2D eigenvalue weighted by Crippen LogP contribution is -2.49. The first-order chi connectivity index (χ1) is 16.9. The third kappa shape index (κ3) is 7.30. The largest absolute Gasteiger partial charge is 0.491 e. The summed E-state index contributed by atoms with van der Waals surface area (Å²) in [4.78, 5) is 52.6. The Kier molecular flexibility index (Phi) is 9.23. The van der Waals surface area contributed by atoms with Crippen molar-refractivity contribution in [1.29, 1.82) is 0 Å². The maximum absolute atomic E-state index is 13.1. The second-order valence-corrected chi connectivity index (χ2v) is 8.41. The molecular weight excluding hydrogens is 448 g/mol. The van der Waals surface area contributed by atoms with Crippen LogP contribution in [0, 0.1) is 0 Å². The van der Waals surface area contributed by atoms with E-state index in [-0.39, 0.29) is 49.3 Å². The molecule has 9 nitrogen and oxygen atoms in total. The Morgan fingerprint density at radius 1 is 1.09 bits per heavy atom. The third-order valence-corrected chi connectivity index (χ3v) is 5.97. The average Bonchev–Trinajstić information content (AvgIpc) is 2.88. The summed E-state index contributed by atoms with van der Waals surface area (Å²) in [5.74, 6) is -1.11. The molecule has 0 radical (unpaired) electrons. The topological polar surface area (TPSA) is 117 Å². The molecule has 0 fully saturated rings. The predicted octanol–water partition coefficient (Wildman–Crippen LogP) is 1.28. The van der Waals surface area contributed by atoms with Gasteiger partial charge >= 0.3 is 0 Å². The van der Waals surface area contributed by atoms with E-state index in [1.54, 1.807) is 38.2 Å². The van der Waals surface area contributed by atoms with E-state index in [0.717, 1.165) is 5.56 Å². The quantitative estimate of drug-likeness (QED) is 0.610. The van der Waals surface area contributed by atoms with Crippen LogP contribution in [0.1, 0.15) is 35.7 Å². The Labute approximate surface area is 205 Å². The normalized spacial score (nSPS) is 19.8. The fourth-order valence-corrected chi connectivity index (χ4v) is 3.70. The van der Waals surface area contributed by atoms with Gasteiger partial charge in [0.25, 0.3) is 5.91 Å². The zero-order chi connectivity index (χ0) is 25.2. The van der Waals surface area contributed by atoms with Gasteiger partial charge in [-0.15, -0.1) is 0 Å². The number of ether oxygens (including phenoxy) is 1. The van der Waals surface area contributed by atoms with Crippen molar-refractivity contribution in [2.45, 2.75) is 38.3 Å². The zero-order valence-electron chi connectivity index (χ0n) is 20.1. The van der Waals surface area contributed by atoms with Crippen molar-refractivity contribution in [3.05, 3.63) is 65.7 Å². The van der Waals surface area contributed by atoms with Gasteiger partial charge < -0.3 is 25.6 Å². The molecule has 4 amide bonds. The van der Waals surface area contributed by atoms with Crippen LogP contribution < -0.4 is 20.7 Å². The van der Waals surface area contributed by atoms with Gasteiger partial charge in [0, 0.05) is 20.0 Å². The molecule has 1 aliphatic heterocycles. The van der Waals surface area contributed by atoms with E-state index in [2.05, 4.69) is 16.0 Å². The predicted molar refractivity (Wildman–Crippen MR) is 131 cm³/mol. The first-order valence-electron chi connectivity index (χ1n) is 11.7. The van der Waals surface area contributed by atoms with Crippen LogP contribution in [0.5, 0.6) is 5.75 Å². The molecule has 3 rings (SSSR count). The van der Waals surface area contributed by atoms with Crippen LogP contribution in [-0.2, 0) is 20.8 Å². The summed E-state index contributed by atoms with van der Waals surface area (Å²) in [6.45, 7) is 2.38. The van der Waals surface area contributed by atoms with Gasteiger partial charge in [-0.05, 0) is 37.5 Å². The van der Waals surface area contributed by atoms with Crippen molar-refractivity contribution in [2.75, 3.05) is 26.7 Å². The van der Waals surface area contributed by atoms with Gasteiger partial charge in [0.2, 0.25) is 17.7 Å². The van der Waals surface area contributed by atoms with Crippen LogP contribution in [0.4, 0.5) is 0 Å². The fourth-order valence-electron chi connectivity index (χ4n) is 3.70. The molecule has 1 heterocycles. The van der Waals surface area contributed by atoms with Gasteiger partial charge in [-0.3, -0.25) is 19.2 Å².